The normalized spacial score (nSPS) is 19.3. The molecule has 1 aromatic carbocycles. The molecule has 0 heterocycles. The molecule has 0 bridgehead atoms. The maximum atomic E-state index is 12.3. The first-order chi connectivity index (χ1) is 9.64. The van der Waals surface area contributed by atoms with Crippen molar-refractivity contribution in [2.75, 3.05) is 6.61 Å². The zero-order chi connectivity index (χ0) is 14.4. The van der Waals surface area contributed by atoms with Gasteiger partial charge in [0.2, 0.25) is 5.91 Å². The summed E-state index contributed by atoms with van der Waals surface area (Å²) in [6.07, 6.45) is 5.27. The quantitative estimate of drug-likeness (QED) is 0.760. The lowest BCUT2D eigenvalue weighted by Crippen LogP contribution is -2.57. The van der Waals surface area contributed by atoms with Crippen molar-refractivity contribution in [3.05, 3.63) is 35.9 Å². The van der Waals surface area contributed by atoms with E-state index in [0.717, 1.165) is 37.7 Å². The fraction of sp³-hybridized carbons (Fsp3) is 0.562. The molecule has 20 heavy (non-hydrogen) atoms. The number of carbonyl (C=O) groups is 1. The highest BCUT2D eigenvalue weighted by molar-refractivity contribution is 5.86. The van der Waals surface area contributed by atoms with Crippen LogP contribution in [0.1, 0.15) is 37.7 Å². The van der Waals surface area contributed by atoms with Gasteiger partial charge in [-0.15, -0.1) is 0 Å². The maximum absolute atomic E-state index is 12.3. The van der Waals surface area contributed by atoms with Crippen molar-refractivity contribution in [3.8, 4) is 0 Å². The summed E-state index contributed by atoms with van der Waals surface area (Å²) in [5, 5.41) is 12.4. The van der Waals surface area contributed by atoms with Crippen molar-refractivity contribution >= 4 is 5.91 Å². The van der Waals surface area contributed by atoms with Gasteiger partial charge >= 0.3 is 0 Å². The molecule has 1 aromatic rings. The second-order valence-electron chi connectivity index (χ2n) is 5.76. The van der Waals surface area contributed by atoms with Gasteiger partial charge in [-0.25, -0.2) is 0 Å². The van der Waals surface area contributed by atoms with E-state index in [-0.39, 0.29) is 18.6 Å². The van der Waals surface area contributed by atoms with Gasteiger partial charge in [0.15, 0.2) is 0 Å². The molecule has 1 aliphatic carbocycles. The minimum atomic E-state index is -0.748. The lowest BCUT2D eigenvalue weighted by atomic mass is 9.81. The Morgan fingerprint density at radius 3 is 2.50 bits per heavy atom. The topological polar surface area (TPSA) is 75.4 Å². The van der Waals surface area contributed by atoms with Gasteiger partial charge in [0, 0.05) is 0 Å². The number of hydrogen-bond donors (Lipinski definition) is 3. The average molecular weight is 276 g/mol. The molecule has 0 unspecified atom stereocenters. The highest BCUT2D eigenvalue weighted by atomic mass is 16.3. The maximum Gasteiger partial charge on any atom is 0.240 e. The number of nitrogens with two attached hydrogens (primary N) is 1. The van der Waals surface area contributed by atoms with Gasteiger partial charge in [-0.3, -0.25) is 4.79 Å². The van der Waals surface area contributed by atoms with Crippen LogP contribution >= 0.6 is 0 Å². The van der Waals surface area contributed by atoms with Gasteiger partial charge in [0.1, 0.15) is 0 Å². The molecular weight excluding hydrogens is 252 g/mol. The Morgan fingerprint density at radius 1 is 1.25 bits per heavy atom. The van der Waals surface area contributed by atoms with Crippen LogP contribution < -0.4 is 11.1 Å². The van der Waals surface area contributed by atoms with Gasteiger partial charge in [-0.1, -0.05) is 49.6 Å². The molecule has 0 radical (unpaired) electrons. The van der Waals surface area contributed by atoms with Crippen molar-refractivity contribution in [2.24, 2.45) is 5.73 Å². The largest absolute Gasteiger partial charge is 0.394 e. The van der Waals surface area contributed by atoms with Crippen LogP contribution in [0.2, 0.25) is 0 Å². The molecule has 4 heteroatoms. The minimum absolute atomic E-state index is 0.0727. The van der Waals surface area contributed by atoms with E-state index in [9.17, 15) is 9.90 Å². The summed E-state index contributed by atoms with van der Waals surface area (Å²) in [5.41, 5.74) is 6.56. The highest BCUT2D eigenvalue weighted by Crippen LogP contribution is 2.26. The molecule has 1 aliphatic rings. The number of nitrogens with one attached hydrogen (secondary N) is 1. The molecule has 0 aromatic heterocycles. The van der Waals surface area contributed by atoms with E-state index in [1.807, 2.05) is 30.3 Å². The molecule has 4 N–H and O–H groups in total. The summed E-state index contributed by atoms with van der Waals surface area (Å²) < 4.78 is 0. The minimum Gasteiger partial charge on any atom is -0.394 e. The van der Waals surface area contributed by atoms with E-state index in [1.165, 1.54) is 0 Å². The second-order valence-corrected chi connectivity index (χ2v) is 5.76. The molecule has 1 atom stereocenters. The molecule has 0 aliphatic heterocycles. The first kappa shape index (κ1) is 15.0. The highest BCUT2D eigenvalue weighted by Gasteiger charge is 2.36. The van der Waals surface area contributed by atoms with Gasteiger partial charge in [-0.2, -0.15) is 0 Å². The Morgan fingerprint density at radius 2 is 1.90 bits per heavy atom. The Balaban J connectivity index is 1.94. The van der Waals surface area contributed by atoms with Crippen LogP contribution in [0.15, 0.2) is 30.3 Å². The molecule has 110 valence electrons. The lowest BCUT2D eigenvalue weighted by Gasteiger charge is -2.33. The van der Waals surface area contributed by atoms with Crippen LogP contribution in [0.25, 0.3) is 0 Å². The van der Waals surface area contributed by atoms with Crippen LogP contribution in [0.5, 0.6) is 0 Å². The molecular formula is C16H24N2O2. The zero-order valence-corrected chi connectivity index (χ0v) is 11.8. The molecule has 4 nitrogen and oxygen atoms in total. The first-order valence-corrected chi connectivity index (χ1v) is 7.39. The Hall–Kier alpha value is -1.39. The van der Waals surface area contributed by atoms with Crippen LogP contribution in [0, 0.1) is 0 Å². The fourth-order valence-electron chi connectivity index (χ4n) is 2.80. The molecule has 1 fully saturated rings. The third-order valence-electron chi connectivity index (χ3n) is 4.08. The summed E-state index contributed by atoms with van der Waals surface area (Å²) >= 11 is 0. The molecule has 1 saturated carbocycles. The fourth-order valence-corrected chi connectivity index (χ4v) is 2.80. The Labute approximate surface area is 120 Å². The molecule has 0 saturated heterocycles. The number of benzene rings is 1. The number of carbonyl (C=O) groups excluding carboxylic acids is 1. The number of rotatable bonds is 5. The van der Waals surface area contributed by atoms with E-state index in [1.54, 1.807) is 0 Å². The summed E-state index contributed by atoms with van der Waals surface area (Å²) in [5.74, 6) is -0.118. The first-order valence-electron chi connectivity index (χ1n) is 7.39. The van der Waals surface area contributed by atoms with Crippen LogP contribution in [-0.4, -0.2) is 29.2 Å². The summed E-state index contributed by atoms with van der Waals surface area (Å²) in [4.78, 5) is 12.3. The van der Waals surface area contributed by atoms with Crippen molar-refractivity contribution in [1.29, 1.82) is 0 Å². The van der Waals surface area contributed by atoms with Gasteiger partial charge in [0.25, 0.3) is 0 Å². The monoisotopic (exact) mass is 276 g/mol. The lowest BCUT2D eigenvalue weighted by molar-refractivity contribution is -0.128. The van der Waals surface area contributed by atoms with E-state index < -0.39 is 5.54 Å². The predicted molar refractivity (Wildman–Crippen MR) is 79.2 cm³/mol. The zero-order valence-electron chi connectivity index (χ0n) is 11.8. The van der Waals surface area contributed by atoms with E-state index in [4.69, 9.17) is 5.73 Å². The standard InChI is InChI=1S/C16H24N2O2/c17-16(9-5-2-6-10-16)15(20)18-14(12-19)11-13-7-3-1-4-8-13/h1,3-4,7-8,14,19H,2,5-6,9-12,17H2,(H,18,20)/t14-/m0/s1. The molecule has 2 rings (SSSR count). The molecule has 0 spiro atoms. The third-order valence-corrected chi connectivity index (χ3v) is 4.08. The number of hydrogen-bond acceptors (Lipinski definition) is 3. The van der Waals surface area contributed by atoms with Crippen molar-refractivity contribution in [3.63, 3.8) is 0 Å². The van der Waals surface area contributed by atoms with Gasteiger partial charge in [0.05, 0.1) is 18.2 Å². The predicted octanol–water partition coefficient (Wildman–Crippen LogP) is 1.37. The SMILES string of the molecule is NC1(C(=O)N[C@H](CO)Cc2ccccc2)CCCCC1. The molecule has 1 amide bonds. The van der Waals surface area contributed by atoms with Crippen LogP contribution in [0.3, 0.4) is 0 Å². The van der Waals surface area contributed by atoms with E-state index in [2.05, 4.69) is 5.32 Å². The van der Waals surface area contributed by atoms with Crippen molar-refractivity contribution < 1.29 is 9.90 Å². The summed E-state index contributed by atoms with van der Waals surface area (Å²) in [7, 11) is 0. The Kier molecular flexibility index (Phi) is 5.15. The van der Waals surface area contributed by atoms with Gasteiger partial charge in [-0.05, 0) is 24.8 Å². The van der Waals surface area contributed by atoms with Crippen LogP contribution in [0.4, 0.5) is 0 Å². The average Bonchev–Trinajstić information content (AvgIpc) is 2.48. The third kappa shape index (κ3) is 3.81. The summed E-state index contributed by atoms with van der Waals surface area (Å²) in [6.45, 7) is -0.0727. The smallest absolute Gasteiger partial charge is 0.240 e. The van der Waals surface area contributed by atoms with E-state index >= 15 is 0 Å². The van der Waals surface area contributed by atoms with Crippen molar-refractivity contribution in [2.45, 2.75) is 50.1 Å². The second kappa shape index (κ2) is 6.86. The number of aliphatic hydroxyl groups excluding tert-OH is 1. The number of aliphatic hydroxyl groups is 1. The van der Waals surface area contributed by atoms with Crippen molar-refractivity contribution in [1.82, 2.24) is 5.32 Å². The Bertz CT molecular complexity index is 427. The van der Waals surface area contributed by atoms with Crippen LogP contribution in [-0.2, 0) is 11.2 Å². The number of amides is 1. The summed E-state index contributed by atoms with van der Waals surface area (Å²) in [6, 6.07) is 9.58. The van der Waals surface area contributed by atoms with Gasteiger partial charge < -0.3 is 16.2 Å². The van der Waals surface area contributed by atoms with E-state index in [0.29, 0.717) is 6.42 Å².